The molecule has 0 bridgehead atoms. The van der Waals surface area contributed by atoms with Gasteiger partial charge in [0.2, 0.25) is 10.0 Å². The second-order valence-corrected chi connectivity index (χ2v) is 7.06. The first kappa shape index (κ1) is 15.9. The molecule has 6 heteroatoms. The summed E-state index contributed by atoms with van der Waals surface area (Å²) in [6.45, 7) is 6.45. The molecule has 5 nitrogen and oxygen atoms in total. The van der Waals surface area contributed by atoms with E-state index in [4.69, 9.17) is 4.74 Å². The maximum atomic E-state index is 11.9. The molecule has 0 aromatic carbocycles. The summed E-state index contributed by atoms with van der Waals surface area (Å²) in [4.78, 5) is 0. The Balaban J connectivity index is 2.20. The highest BCUT2D eigenvalue weighted by Gasteiger charge is 2.21. The fraction of sp³-hybridized carbons (Fsp3) is 1.00. The zero-order valence-electron chi connectivity index (χ0n) is 11.4. The van der Waals surface area contributed by atoms with E-state index < -0.39 is 15.3 Å². The third-order valence-corrected chi connectivity index (χ3v) is 5.01. The van der Waals surface area contributed by atoms with Crippen molar-refractivity contribution in [3.63, 3.8) is 0 Å². The van der Waals surface area contributed by atoms with Crippen molar-refractivity contribution in [2.24, 2.45) is 0 Å². The molecule has 0 saturated carbocycles. The molecule has 1 aliphatic rings. The lowest BCUT2D eigenvalue weighted by molar-refractivity contribution is 0.105. The van der Waals surface area contributed by atoms with E-state index in [2.05, 4.69) is 17.0 Å². The van der Waals surface area contributed by atoms with Crippen molar-refractivity contribution in [3.8, 4) is 0 Å². The number of hydrogen-bond acceptors (Lipinski definition) is 4. The molecule has 1 heterocycles. The maximum absolute atomic E-state index is 11.9. The van der Waals surface area contributed by atoms with Crippen LogP contribution in [-0.4, -0.2) is 46.0 Å². The van der Waals surface area contributed by atoms with E-state index in [1.54, 1.807) is 6.92 Å². The monoisotopic (exact) mass is 278 g/mol. The molecular formula is C12H26N2O3S. The molecule has 108 valence electrons. The molecule has 2 N–H and O–H groups in total. The molecule has 0 aliphatic carbocycles. The number of nitrogens with one attached hydrogen (secondary N) is 2. The summed E-state index contributed by atoms with van der Waals surface area (Å²) in [6, 6.07) is 0. The van der Waals surface area contributed by atoms with E-state index >= 15 is 0 Å². The second-order valence-electron chi connectivity index (χ2n) is 4.88. The van der Waals surface area contributed by atoms with Crippen LogP contribution in [0.2, 0.25) is 0 Å². The van der Waals surface area contributed by atoms with Gasteiger partial charge >= 0.3 is 0 Å². The van der Waals surface area contributed by atoms with Crippen LogP contribution in [0, 0.1) is 0 Å². The van der Waals surface area contributed by atoms with Gasteiger partial charge in [0.1, 0.15) is 0 Å². The van der Waals surface area contributed by atoms with Crippen LogP contribution in [0.15, 0.2) is 0 Å². The van der Waals surface area contributed by atoms with Gasteiger partial charge in [0, 0.05) is 19.7 Å². The molecule has 0 spiro atoms. The molecule has 2 unspecified atom stereocenters. The standard InChI is InChI=1S/C12H26N2O3S/c1-3-7-13-10-11(2)18(15,16)14-8-6-12-5-4-9-17-12/h11-14H,3-10H2,1-2H3. The third-order valence-electron chi connectivity index (χ3n) is 3.18. The average Bonchev–Trinajstić information content (AvgIpc) is 2.82. The first-order valence-electron chi connectivity index (χ1n) is 6.87. The van der Waals surface area contributed by atoms with E-state index in [1.807, 2.05) is 0 Å². The van der Waals surface area contributed by atoms with Crippen molar-refractivity contribution in [2.45, 2.75) is 50.9 Å². The maximum Gasteiger partial charge on any atom is 0.215 e. The van der Waals surface area contributed by atoms with Crippen LogP contribution >= 0.6 is 0 Å². The van der Waals surface area contributed by atoms with E-state index in [0.29, 0.717) is 13.1 Å². The van der Waals surface area contributed by atoms with E-state index in [1.165, 1.54) is 0 Å². The predicted molar refractivity (Wildman–Crippen MR) is 73.1 cm³/mol. The SMILES string of the molecule is CCCNCC(C)S(=O)(=O)NCCC1CCCO1. The minimum absolute atomic E-state index is 0.237. The van der Waals surface area contributed by atoms with Crippen molar-refractivity contribution >= 4 is 10.0 Å². The lowest BCUT2D eigenvalue weighted by Crippen LogP contribution is -2.40. The Morgan fingerprint density at radius 2 is 2.17 bits per heavy atom. The summed E-state index contributed by atoms with van der Waals surface area (Å²) in [6.07, 6.45) is 4.17. The predicted octanol–water partition coefficient (Wildman–Crippen LogP) is 0.863. The number of rotatable bonds is 9. The summed E-state index contributed by atoms with van der Waals surface area (Å²) in [7, 11) is -3.20. The highest BCUT2D eigenvalue weighted by Crippen LogP contribution is 2.14. The number of hydrogen-bond donors (Lipinski definition) is 2. The van der Waals surface area contributed by atoms with Gasteiger partial charge in [0.15, 0.2) is 0 Å². The zero-order chi connectivity index (χ0) is 13.4. The normalized spacial score (nSPS) is 22.2. The van der Waals surface area contributed by atoms with E-state index in [0.717, 1.165) is 38.8 Å². The van der Waals surface area contributed by atoms with Gasteiger partial charge in [0.25, 0.3) is 0 Å². The van der Waals surface area contributed by atoms with Gasteiger partial charge in [0.05, 0.1) is 11.4 Å². The molecule has 1 rings (SSSR count). The number of sulfonamides is 1. The van der Waals surface area contributed by atoms with Gasteiger partial charge in [-0.05, 0) is 39.2 Å². The fourth-order valence-corrected chi connectivity index (χ4v) is 2.99. The quantitative estimate of drug-likeness (QED) is 0.614. The highest BCUT2D eigenvalue weighted by molar-refractivity contribution is 7.90. The van der Waals surface area contributed by atoms with Gasteiger partial charge in [-0.15, -0.1) is 0 Å². The zero-order valence-corrected chi connectivity index (χ0v) is 12.3. The van der Waals surface area contributed by atoms with Gasteiger partial charge in [-0.3, -0.25) is 0 Å². The molecule has 2 atom stereocenters. The summed E-state index contributed by atoms with van der Waals surface area (Å²) in [5.41, 5.74) is 0. The Labute approximate surface area is 111 Å². The van der Waals surface area contributed by atoms with Crippen LogP contribution in [0.1, 0.15) is 39.5 Å². The summed E-state index contributed by atoms with van der Waals surface area (Å²) >= 11 is 0. The molecular weight excluding hydrogens is 252 g/mol. The minimum Gasteiger partial charge on any atom is -0.378 e. The van der Waals surface area contributed by atoms with Crippen LogP contribution < -0.4 is 10.0 Å². The molecule has 1 saturated heterocycles. The first-order chi connectivity index (χ1) is 8.56. The van der Waals surface area contributed by atoms with Crippen molar-refractivity contribution in [2.75, 3.05) is 26.2 Å². The molecule has 0 aromatic rings. The smallest absolute Gasteiger partial charge is 0.215 e. The fourth-order valence-electron chi connectivity index (χ4n) is 1.97. The Bertz CT molecular complexity index is 313. The average molecular weight is 278 g/mol. The van der Waals surface area contributed by atoms with Crippen LogP contribution in [0.25, 0.3) is 0 Å². The number of ether oxygens (including phenoxy) is 1. The summed E-state index contributed by atoms with van der Waals surface area (Å²) in [5.74, 6) is 0. The van der Waals surface area contributed by atoms with Crippen LogP contribution in [0.5, 0.6) is 0 Å². The first-order valence-corrected chi connectivity index (χ1v) is 8.41. The molecule has 0 radical (unpaired) electrons. The van der Waals surface area contributed by atoms with Crippen molar-refractivity contribution < 1.29 is 13.2 Å². The Morgan fingerprint density at radius 3 is 2.78 bits per heavy atom. The lowest BCUT2D eigenvalue weighted by atomic mass is 10.2. The van der Waals surface area contributed by atoms with Gasteiger partial charge < -0.3 is 10.1 Å². The molecule has 1 aliphatic heterocycles. The van der Waals surface area contributed by atoms with E-state index in [-0.39, 0.29) is 6.10 Å². The largest absolute Gasteiger partial charge is 0.378 e. The molecule has 1 fully saturated rings. The molecule has 0 amide bonds. The van der Waals surface area contributed by atoms with Crippen LogP contribution in [-0.2, 0) is 14.8 Å². The minimum atomic E-state index is -3.20. The lowest BCUT2D eigenvalue weighted by Gasteiger charge is -2.15. The van der Waals surface area contributed by atoms with E-state index in [9.17, 15) is 8.42 Å². The second kappa shape index (κ2) is 8.09. The topological polar surface area (TPSA) is 67.4 Å². The van der Waals surface area contributed by atoms with Crippen LogP contribution in [0.4, 0.5) is 0 Å². The van der Waals surface area contributed by atoms with Gasteiger partial charge in [-0.2, -0.15) is 0 Å². The van der Waals surface area contributed by atoms with Gasteiger partial charge in [-0.25, -0.2) is 13.1 Å². The molecule has 0 aromatic heterocycles. The van der Waals surface area contributed by atoms with Gasteiger partial charge in [-0.1, -0.05) is 6.92 Å². The Hall–Kier alpha value is -0.170. The molecule has 18 heavy (non-hydrogen) atoms. The van der Waals surface area contributed by atoms with Crippen molar-refractivity contribution in [1.82, 2.24) is 10.0 Å². The van der Waals surface area contributed by atoms with Crippen molar-refractivity contribution in [1.29, 1.82) is 0 Å². The summed E-state index contributed by atoms with van der Waals surface area (Å²) < 4.78 is 31.9. The highest BCUT2D eigenvalue weighted by atomic mass is 32.2. The van der Waals surface area contributed by atoms with Crippen molar-refractivity contribution in [3.05, 3.63) is 0 Å². The Morgan fingerprint density at radius 1 is 1.39 bits per heavy atom. The van der Waals surface area contributed by atoms with Crippen LogP contribution in [0.3, 0.4) is 0 Å². The Kier molecular flexibility index (Phi) is 7.14. The third kappa shape index (κ3) is 5.65. The summed E-state index contributed by atoms with van der Waals surface area (Å²) in [5, 5.41) is 2.73.